The van der Waals surface area contributed by atoms with Crippen molar-refractivity contribution < 1.29 is 13.2 Å². The van der Waals surface area contributed by atoms with Crippen LogP contribution in [0.3, 0.4) is 0 Å². The summed E-state index contributed by atoms with van der Waals surface area (Å²) in [5.74, 6) is -0.123. The summed E-state index contributed by atoms with van der Waals surface area (Å²) in [7, 11) is -3.58. The first-order chi connectivity index (χ1) is 9.44. The van der Waals surface area contributed by atoms with Crippen molar-refractivity contribution in [3.63, 3.8) is 0 Å². The molecule has 0 atom stereocenters. The fourth-order valence-electron chi connectivity index (χ4n) is 1.95. The van der Waals surface area contributed by atoms with Gasteiger partial charge < -0.3 is 5.32 Å². The van der Waals surface area contributed by atoms with Gasteiger partial charge in [-0.3, -0.25) is 4.79 Å². The maximum atomic E-state index is 12.2. The minimum atomic E-state index is -3.58. The van der Waals surface area contributed by atoms with Crippen molar-refractivity contribution in [1.82, 2.24) is 4.72 Å². The summed E-state index contributed by atoms with van der Waals surface area (Å²) in [6, 6.07) is 3.16. The van der Waals surface area contributed by atoms with Gasteiger partial charge in [0.25, 0.3) is 0 Å². The fraction of sp³-hybridized carbons (Fsp3) is 0.308. The van der Waals surface area contributed by atoms with E-state index in [0.717, 1.165) is 0 Å². The highest BCUT2D eigenvalue weighted by atomic mass is 79.9. The minimum Gasteiger partial charge on any atom is -0.325 e. The first-order valence-electron chi connectivity index (χ1n) is 6.17. The predicted octanol–water partition coefficient (Wildman–Crippen LogP) is 2.19. The van der Waals surface area contributed by atoms with E-state index in [4.69, 9.17) is 0 Å². The summed E-state index contributed by atoms with van der Waals surface area (Å²) in [6.07, 6.45) is 4.61. The van der Waals surface area contributed by atoms with Crippen molar-refractivity contribution in [2.45, 2.75) is 24.7 Å². The van der Waals surface area contributed by atoms with Crippen molar-refractivity contribution in [2.24, 2.45) is 0 Å². The Balaban J connectivity index is 2.24. The Morgan fingerprint density at radius 1 is 1.45 bits per heavy atom. The number of benzene rings is 1. The lowest BCUT2D eigenvalue weighted by Crippen LogP contribution is -2.25. The van der Waals surface area contributed by atoms with Gasteiger partial charge in [0, 0.05) is 16.7 Å². The molecule has 0 saturated carbocycles. The number of anilines is 1. The molecular formula is C13H15BrN2O3S. The molecule has 0 aromatic heterocycles. The maximum Gasteiger partial charge on any atom is 0.241 e. The zero-order valence-corrected chi connectivity index (χ0v) is 13.3. The molecular weight excluding hydrogens is 344 g/mol. The van der Waals surface area contributed by atoms with E-state index < -0.39 is 10.0 Å². The normalized spacial score (nSPS) is 14.6. The molecule has 0 aliphatic carbocycles. The lowest BCUT2D eigenvalue weighted by atomic mass is 10.2. The number of sulfonamides is 1. The molecule has 2 rings (SSSR count). The summed E-state index contributed by atoms with van der Waals surface area (Å²) < 4.78 is 27.4. The third-order valence-corrected chi connectivity index (χ3v) is 5.33. The van der Waals surface area contributed by atoms with Crippen LogP contribution in [0.4, 0.5) is 5.69 Å². The zero-order chi connectivity index (χ0) is 14.8. The quantitative estimate of drug-likeness (QED) is 0.625. The van der Waals surface area contributed by atoms with Crippen molar-refractivity contribution >= 4 is 37.5 Å². The van der Waals surface area contributed by atoms with Crippen LogP contribution in [0.2, 0.25) is 0 Å². The molecule has 20 heavy (non-hydrogen) atoms. The predicted molar refractivity (Wildman–Crippen MR) is 81.1 cm³/mol. The lowest BCUT2D eigenvalue weighted by molar-refractivity contribution is -0.115. The number of hydrogen-bond acceptors (Lipinski definition) is 3. The summed E-state index contributed by atoms with van der Waals surface area (Å²) in [4.78, 5) is 11.5. The number of fused-ring (bicyclic) bond motifs is 1. The van der Waals surface area contributed by atoms with Gasteiger partial charge in [-0.15, -0.1) is 0 Å². The monoisotopic (exact) mass is 358 g/mol. The summed E-state index contributed by atoms with van der Waals surface area (Å²) in [6.45, 7) is 2.23. The Labute approximate surface area is 126 Å². The third-order valence-electron chi connectivity index (χ3n) is 2.91. The molecule has 1 aliphatic rings. The highest BCUT2D eigenvalue weighted by Crippen LogP contribution is 2.32. The van der Waals surface area contributed by atoms with Crippen molar-refractivity contribution in [3.05, 3.63) is 34.3 Å². The number of halogens is 1. The van der Waals surface area contributed by atoms with Crippen LogP contribution in [0.15, 0.2) is 33.7 Å². The Hall–Kier alpha value is -1.18. The highest BCUT2D eigenvalue weighted by molar-refractivity contribution is 9.10. The molecule has 0 bridgehead atoms. The van der Waals surface area contributed by atoms with Crippen LogP contribution in [0.5, 0.6) is 0 Å². The Kier molecular flexibility index (Phi) is 4.62. The molecule has 0 spiro atoms. The summed E-state index contributed by atoms with van der Waals surface area (Å²) >= 11 is 3.24. The molecule has 2 N–H and O–H groups in total. The van der Waals surface area contributed by atoms with E-state index >= 15 is 0 Å². The molecule has 1 aliphatic heterocycles. The average molecular weight is 359 g/mol. The second-order valence-electron chi connectivity index (χ2n) is 4.42. The molecule has 1 amide bonds. The number of rotatable bonds is 5. The van der Waals surface area contributed by atoms with Crippen molar-refractivity contribution in [2.75, 3.05) is 11.9 Å². The van der Waals surface area contributed by atoms with Gasteiger partial charge in [0.2, 0.25) is 15.9 Å². The van der Waals surface area contributed by atoms with Crippen LogP contribution in [-0.2, 0) is 21.2 Å². The van der Waals surface area contributed by atoms with Crippen LogP contribution in [0.1, 0.15) is 18.9 Å². The van der Waals surface area contributed by atoms with E-state index in [1.807, 2.05) is 19.1 Å². The minimum absolute atomic E-state index is 0.123. The van der Waals surface area contributed by atoms with Crippen molar-refractivity contribution in [1.29, 1.82) is 0 Å². The van der Waals surface area contributed by atoms with Gasteiger partial charge in [-0.25, -0.2) is 13.1 Å². The van der Waals surface area contributed by atoms with E-state index in [9.17, 15) is 13.2 Å². The maximum absolute atomic E-state index is 12.2. The molecule has 0 radical (unpaired) electrons. The van der Waals surface area contributed by atoms with Crippen LogP contribution in [0.25, 0.3) is 0 Å². The van der Waals surface area contributed by atoms with E-state index in [0.29, 0.717) is 28.7 Å². The first-order valence-corrected chi connectivity index (χ1v) is 8.45. The molecule has 1 aromatic carbocycles. The average Bonchev–Trinajstić information content (AvgIpc) is 2.73. The number of nitrogens with one attached hydrogen (secondary N) is 2. The number of allylic oxidation sites excluding steroid dienone is 1. The molecule has 7 heteroatoms. The Morgan fingerprint density at radius 3 is 2.90 bits per heavy atom. The van der Waals surface area contributed by atoms with Crippen LogP contribution in [0, 0.1) is 0 Å². The van der Waals surface area contributed by atoms with Crippen LogP contribution < -0.4 is 10.0 Å². The van der Waals surface area contributed by atoms with Gasteiger partial charge >= 0.3 is 0 Å². The van der Waals surface area contributed by atoms with Crippen LogP contribution in [-0.4, -0.2) is 20.9 Å². The zero-order valence-electron chi connectivity index (χ0n) is 10.9. The van der Waals surface area contributed by atoms with Gasteiger partial charge in [0.05, 0.1) is 11.3 Å². The smallest absolute Gasteiger partial charge is 0.241 e. The number of carbonyl (C=O) groups is 1. The number of carbonyl (C=O) groups excluding carboxylic acids is 1. The van der Waals surface area contributed by atoms with Gasteiger partial charge in [0.1, 0.15) is 0 Å². The van der Waals surface area contributed by atoms with Gasteiger partial charge in [-0.1, -0.05) is 12.2 Å². The van der Waals surface area contributed by atoms with E-state index in [1.54, 1.807) is 6.07 Å². The van der Waals surface area contributed by atoms with Crippen molar-refractivity contribution in [3.8, 4) is 0 Å². The van der Waals surface area contributed by atoms with Gasteiger partial charge in [0.15, 0.2) is 0 Å². The second-order valence-corrected chi connectivity index (χ2v) is 7.01. The Bertz CT molecular complexity index is 668. The van der Waals surface area contributed by atoms with E-state index in [2.05, 4.69) is 26.0 Å². The fourth-order valence-corrected chi connectivity index (χ4v) is 4.09. The number of hydrogen-bond donors (Lipinski definition) is 2. The van der Waals surface area contributed by atoms with E-state index in [1.165, 1.54) is 6.07 Å². The van der Waals surface area contributed by atoms with E-state index in [-0.39, 0.29) is 17.2 Å². The largest absolute Gasteiger partial charge is 0.325 e. The van der Waals surface area contributed by atoms with Gasteiger partial charge in [-0.05, 0) is 47.0 Å². The molecule has 0 fully saturated rings. The number of amides is 1. The third kappa shape index (κ3) is 3.28. The topological polar surface area (TPSA) is 75.3 Å². The standard InChI is InChI=1S/C13H15BrN2O3S/c1-2-3-4-5-15-20(18,19)12-6-9-7-13(17)16-11(9)8-10(12)14/h2-3,6,8,15H,4-5,7H2,1H3,(H,16,17)/b3-2+. The first kappa shape index (κ1) is 15.2. The highest BCUT2D eigenvalue weighted by Gasteiger charge is 2.24. The second kappa shape index (κ2) is 6.07. The molecule has 1 heterocycles. The van der Waals surface area contributed by atoms with Gasteiger partial charge in [-0.2, -0.15) is 0 Å². The Morgan fingerprint density at radius 2 is 2.20 bits per heavy atom. The summed E-state index contributed by atoms with van der Waals surface area (Å²) in [5.41, 5.74) is 1.36. The molecule has 0 saturated heterocycles. The SMILES string of the molecule is C/C=C/CCNS(=O)(=O)c1cc2c(cc1Br)NC(=O)C2. The molecule has 5 nitrogen and oxygen atoms in total. The molecule has 1 aromatic rings. The van der Waals surface area contributed by atoms with Crippen LogP contribution >= 0.6 is 15.9 Å². The molecule has 0 unspecified atom stereocenters. The lowest BCUT2D eigenvalue weighted by Gasteiger charge is -2.09. The molecule has 108 valence electrons. The summed E-state index contributed by atoms with van der Waals surface area (Å²) in [5, 5.41) is 2.68.